The molecule has 5 heteroatoms. The van der Waals surface area contributed by atoms with Gasteiger partial charge in [0.25, 0.3) is 5.91 Å². The SMILES string of the molecule is Cc1ccc2c(Cl)c(C(=O)Nc3ccncc3)sc2c1. The van der Waals surface area contributed by atoms with Crippen LogP contribution in [-0.2, 0) is 0 Å². The van der Waals surface area contributed by atoms with Gasteiger partial charge in [-0.1, -0.05) is 23.7 Å². The molecule has 0 spiro atoms. The number of carbonyl (C=O) groups is 1. The number of nitrogens with one attached hydrogen (secondary N) is 1. The second-order valence-corrected chi connectivity index (χ2v) is 5.86. The molecular weight excluding hydrogens is 292 g/mol. The van der Waals surface area contributed by atoms with Crippen molar-refractivity contribution < 1.29 is 4.79 Å². The molecule has 0 unspecified atom stereocenters. The first-order valence-corrected chi connectivity index (χ1v) is 7.24. The zero-order valence-corrected chi connectivity index (χ0v) is 12.3. The summed E-state index contributed by atoms with van der Waals surface area (Å²) in [7, 11) is 0. The molecule has 1 amide bonds. The van der Waals surface area contributed by atoms with Gasteiger partial charge in [0.15, 0.2) is 0 Å². The third kappa shape index (κ3) is 2.40. The van der Waals surface area contributed by atoms with Crippen molar-refractivity contribution in [3.05, 3.63) is 58.2 Å². The number of hydrogen-bond acceptors (Lipinski definition) is 3. The van der Waals surface area contributed by atoms with Gasteiger partial charge in [0.1, 0.15) is 4.88 Å². The summed E-state index contributed by atoms with van der Waals surface area (Å²) < 4.78 is 1.02. The van der Waals surface area contributed by atoms with E-state index in [1.54, 1.807) is 24.5 Å². The Morgan fingerprint density at radius 3 is 2.75 bits per heavy atom. The number of fused-ring (bicyclic) bond motifs is 1. The van der Waals surface area contributed by atoms with Crippen LogP contribution in [0.3, 0.4) is 0 Å². The number of hydrogen-bond donors (Lipinski definition) is 1. The number of anilines is 1. The number of benzene rings is 1. The first kappa shape index (κ1) is 13.1. The predicted molar refractivity (Wildman–Crippen MR) is 83.8 cm³/mol. The highest BCUT2D eigenvalue weighted by Crippen LogP contribution is 2.36. The minimum atomic E-state index is -0.194. The van der Waals surface area contributed by atoms with Gasteiger partial charge in [-0.25, -0.2) is 0 Å². The van der Waals surface area contributed by atoms with Crippen LogP contribution in [0.15, 0.2) is 42.7 Å². The predicted octanol–water partition coefficient (Wildman–Crippen LogP) is 4.51. The number of aryl methyl sites for hydroxylation is 1. The summed E-state index contributed by atoms with van der Waals surface area (Å²) in [6, 6.07) is 9.46. The smallest absolute Gasteiger partial charge is 0.267 e. The normalized spacial score (nSPS) is 10.7. The number of rotatable bonds is 2. The molecule has 3 rings (SSSR count). The number of carbonyl (C=O) groups excluding carboxylic acids is 1. The maximum atomic E-state index is 12.3. The van der Waals surface area contributed by atoms with Gasteiger partial charge in [-0.05, 0) is 30.7 Å². The zero-order valence-electron chi connectivity index (χ0n) is 10.7. The van der Waals surface area contributed by atoms with Gasteiger partial charge in [0.2, 0.25) is 0 Å². The largest absolute Gasteiger partial charge is 0.321 e. The summed E-state index contributed by atoms with van der Waals surface area (Å²) in [4.78, 5) is 16.7. The van der Waals surface area contributed by atoms with E-state index in [9.17, 15) is 4.79 Å². The first-order chi connectivity index (χ1) is 9.65. The molecule has 0 saturated heterocycles. The third-order valence-corrected chi connectivity index (χ3v) is 4.59. The molecule has 1 N–H and O–H groups in total. The lowest BCUT2D eigenvalue weighted by molar-refractivity contribution is 0.103. The highest BCUT2D eigenvalue weighted by atomic mass is 35.5. The Morgan fingerprint density at radius 1 is 1.25 bits per heavy atom. The molecule has 0 bridgehead atoms. The van der Waals surface area contributed by atoms with Gasteiger partial charge in [-0.3, -0.25) is 9.78 Å². The molecule has 2 heterocycles. The van der Waals surface area contributed by atoms with E-state index in [2.05, 4.69) is 10.3 Å². The van der Waals surface area contributed by atoms with Gasteiger partial charge in [0, 0.05) is 28.2 Å². The molecule has 0 saturated carbocycles. The number of halogens is 1. The molecule has 3 aromatic rings. The molecule has 100 valence electrons. The van der Waals surface area contributed by atoms with Crippen molar-refractivity contribution in [2.24, 2.45) is 0 Å². The van der Waals surface area contributed by atoms with Crippen LogP contribution in [0.1, 0.15) is 15.2 Å². The first-order valence-electron chi connectivity index (χ1n) is 6.05. The quantitative estimate of drug-likeness (QED) is 0.756. The van der Waals surface area contributed by atoms with E-state index in [1.165, 1.54) is 11.3 Å². The second-order valence-electron chi connectivity index (χ2n) is 4.43. The Balaban J connectivity index is 1.97. The lowest BCUT2D eigenvalue weighted by atomic mass is 10.2. The van der Waals surface area contributed by atoms with Crippen molar-refractivity contribution in [1.29, 1.82) is 0 Å². The molecule has 0 radical (unpaired) electrons. The lowest BCUT2D eigenvalue weighted by Gasteiger charge is -2.02. The highest BCUT2D eigenvalue weighted by molar-refractivity contribution is 7.21. The molecule has 0 fully saturated rings. The molecule has 0 aliphatic rings. The fraction of sp³-hybridized carbons (Fsp3) is 0.0667. The van der Waals surface area contributed by atoms with Crippen molar-refractivity contribution in [1.82, 2.24) is 4.98 Å². The Bertz CT molecular complexity index is 783. The van der Waals surface area contributed by atoms with Gasteiger partial charge >= 0.3 is 0 Å². The molecule has 20 heavy (non-hydrogen) atoms. The monoisotopic (exact) mass is 302 g/mol. The number of pyridine rings is 1. The maximum Gasteiger partial charge on any atom is 0.267 e. The highest BCUT2D eigenvalue weighted by Gasteiger charge is 2.17. The van der Waals surface area contributed by atoms with Crippen molar-refractivity contribution in [2.75, 3.05) is 5.32 Å². The number of aromatic nitrogens is 1. The Morgan fingerprint density at radius 2 is 2.00 bits per heavy atom. The number of amides is 1. The van der Waals surface area contributed by atoms with E-state index >= 15 is 0 Å². The van der Waals surface area contributed by atoms with Crippen LogP contribution < -0.4 is 5.32 Å². The average molecular weight is 303 g/mol. The lowest BCUT2D eigenvalue weighted by Crippen LogP contribution is -2.10. The van der Waals surface area contributed by atoms with E-state index in [4.69, 9.17) is 11.6 Å². The van der Waals surface area contributed by atoms with Gasteiger partial charge in [-0.2, -0.15) is 0 Å². The average Bonchev–Trinajstić information content (AvgIpc) is 2.76. The van der Waals surface area contributed by atoms with Gasteiger partial charge in [0.05, 0.1) is 5.02 Å². The summed E-state index contributed by atoms with van der Waals surface area (Å²) in [6.07, 6.45) is 3.26. The van der Waals surface area contributed by atoms with E-state index in [0.29, 0.717) is 15.6 Å². The second kappa shape index (κ2) is 5.23. The van der Waals surface area contributed by atoms with E-state index < -0.39 is 0 Å². The standard InChI is InChI=1S/C15H11ClN2OS/c1-9-2-3-11-12(8-9)20-14(13(11)16)15(19)18-10-4-6-17-7-5-10/h2-8H,1H3,(H,17,18,19). The summed E-state index contributed by atoms with van der Waals surface area (Å²) in [6.45, 7) is 2.02. The Hall–Kier alpha value is -1.91. The topological polar surface area (TPSA) is 42.0 Å². The fourth-order valence-corrected chi connectivity index (χ4v) is 3.45. The minimum absolute atomic E-state index is 0.194. The van der Waals surface area contributed by atoms with Gasteiger partial charge in [-0.15, -0.1) is 11.3 Å². The molecule has 3 nitrogen and oxygen atoms in total. The fourth-order valence-electron chi connectivity index (χ4n) is 1.94. The molecular formula is C15H11ClN2OS. The zero-order chi connectivity index (χ0) is 14.1. The van der Waals surface area contributed by atoms with Crippen molar-refractivity contribution in [3.8, 4) is 0 Å². The molecule has 1 aromatic carbocycles. The summed E-state index contributed by atoms with van der Waals surface area (Å²) in [5, 5.41) is 4.25. The molecule has 0 aliphatic heterocycles. The summed E-state index contributed by atoms with van der Waals surface area (Å²) in [5.74, 6) is -0.194. The summed E-state index contributed by atoms with van der Waals surface area (Å²) in [5.41, 5.74) is 1.85. The van der Waals surface area contributed by atoms with E-state index in [0.717, 1.165) is 15.6 Å². The molecule has 2 aromatic heterocycles. The summed E-state index contributed by atoms with van der Waals surface area (Å²) >= 11 is 7.71. The van der Waals surface area contributed by atoms with Crippen LogP contribution >= 0.6 is 22.9 Å². The molecule has 0 atom stereocenters. The number of thiophene rings is 1. The van der Waals surface area contributed by atoms with Crippen LogP contribution in [0, 0.1) is 6.92 Å². The Kier molecular flexibility index (Phi) is 3.42. The maximum absolute atomic E-state index is 12.3. The van der Waals surface area contributed by atoms with Crippen molar-refractivity contribution in [3.63, 3.8) is 0 Å². The van der Waals surface area contributed by atoms with Crippen LogP contribution in [0.4, 0.5) is 5.69 Å². The Labute approximate surface area is 125 Å². The van der Waals surface area contributed by atoms with Crippen molar-refractivity contribution in [2.45, 2.75) is 6.92 Å². The van der Waals surface area contributed by atoms with Crippen molar-refractivity contribution >= 4 is 44.6 Å². The minimum Gasteiger partial charge on any atom is -0.321 e. The third-order valence-electron chi connectivity index (χ3n) is 2.93. The van der Waals surface area contributed by atoms with Crippen LogP contribution in [-0.4, -0.2) is 10.9 Å². The van der Waals surface area contributed by atoms with E-state index in [-0.39, 0.29) is 5.91 Å². The van der Waals surface area contributed by atoms with E-state index in [1.807, 2.05) is 25.1 Å². The van der Waals surface area contributed by atoms with Crippen LogP contribution in [0.2, 0.25) is 5.02 Å². The van der Waals surface area contributed by atoms with Crippen LogP contribution in [0.5, 0.6) is 0 Å². The molecule has 0 aliphatic carbocycles. The van der Waals surface area contributed by atoms with Gasteiger partial charge < -0.3 is 5.32 Å². The number of nitrogens with zero attached hydrogens (tertiary/aromatic N) is 1. The van der Waals surface area contributed by atoms with Crippen LogP contribution in [0.25, 0.3) is 10.1 Å².